The topological polar surface area (TPSA) is 175 Å². The van der Waals surface area contributed by atoms with Gasteiger partial charge < -0.3 is 48.9 Å². The largest absolute Gasteiger partial charge is 0.504 e. The van der Waals surface area contributed by atoms with E-state index in [1.807, 2.05) is 12.1 Å². The van der Waals surface area contributed by atoms with Gasteiger partial charge in [0.15, 0.2) is 23.0 Å². The Morgan fingerprint density at radius 1 is 1.00 bits per heavy atom. The Hall–Kier alpha value is -4.92. The van der Waals surface area contributed by atoms with E-state index in [1.54, 1.807) is 26.0 Å². The standard InChI is InChI=1S/C41H43N3O11/c1-18-23(38(47)52-22-6-8-41-31(46)16-42-15-21-4-5-27(45)36(34(21)41)54-32(41)11-22)12-24(19(2)43-18)39(48)53-30-10-20-7-9-44(3)35(20)33-25-13-28-29(51-17-50-28)14-26(25)40(49)55-37(30)33/h4-5,12-14,20,22,30-33,35,37,42,45-46H,6-11,15-17H2,1-3H3/t20-,22+,30+,31+,32+,33+,35-,37+,41+/m1/s1. The Labute approximate surface area is 317 Å². The van der Waals surface area contributed by atoms with Gasteiger partial charge in [0.2, 0.25) is 6.79 Å². The summed E-state index contributed by atoms with van der Waals surface area (Å²) in [4.78, 5) is 48.2. The van der Waals surface area contributed by atoms with E-state index in [-0.39, 0.29) is 41.5 Å². The molecule has 14 heteroatoms. The minimum atomic E-state index is -0.758. The third-order valence-corrected chi connectivity index (χ3v) is 13.3. The number of benzene rings is 2. The molecule has 7 aliphatic rings. The number of aryl methyl sites for hydroxylation is 2. The highest BCUT2D eigenvalue weighted by Crippen LogP contribution is 2.57. The number of aliphatic hydroxyl groups excluding tert-OH is 1. The zero-order valence-electron chi connectivity index (χ0n) is 30.8. The maximum Gasteiger partial charge on any atom is 0.340 e. The van der Waals surface area contributed by atoms with E-state index in [9.17, 15) is 24.6 Å². The van der Waals surface area contributed by atoms with Gasteiger partial charge >= 0.3 is 17.9 Å². The molecule has 2 aromatic carbocycles. The van der Waals surface area contributed by atoms with Crippen molar-refractivity contribution in [2.45, 2.75) is 100 Å². The second-order valence-electron chi connectivity index (χ2n) is 16.2. The summed E-state index contributed by atoms with van der Waals surface area (Å²) in [5.41, 5.74) is 3.37. The van der Waals surface area contributed by atoms with Crippen LogP contribution in [0.2, 0.25) is 0 Å². The van der Waals surface area contributed by atoms with Crippen LogP contribution in [0.5, 0.6) is 23.0 Å². The van der Waals surface area contributed by atoms with Gasteiger partial charge in [-0.05, 0) is 94.4 Å². The van der Waals surface area contributed by atoms with Crippen LogP contribution in [0.25, 0.3) is 0 Å². The van der Waals surface area contributed by atoms with Crippen LogP contribution in [0.1, 0.15) is 97.2 Å². The number of likely N-dealkylation sites (N-methyl/N-ethyl adjacent to an activating group) is 1. The molecule has 1 aromatic heterocycles. The number of ether oxygens (including phenoxy) is 6. The molecule has 14 nitrogen and oxygen atoms in total. The van der Waals surface area contributed by atoms with Crippen molar-refractivity contribution in [2.75, 3.05) is 26.9 Å². The van der Waals surface area contributed by atoms with Crippen molar-refractivity contribution in [2.24, 2.45) is 5.92 Å². The van der Waals surface area contributed by atoms with Gasteiger partial charge in [-0.2, -0.15) is 0 Å². The molecular formula is C41H43N3O11. The summed E-state index contributed by atoms with van der Waals surface area (Å²) in [6, 6.07) is 8.58. The number of β-amino-alcohol motifs (C(OH)–C–C–N with tert-alkyl or cyclic N) is 1. The molecule has 0 amide bonds. The quantitative estimate of drug-likeness (QED) is 0.261. The second-order valence-corrected chi connectivity index (χ2v) is 16.2. The predicted molar refractivity (Wildman–Crippen MR) is 192 cm³/mol. The number of carbonyl (C=O) groups is 3. The number of aromatic hydroxyl groups is 1. The second kappa shape index (κ2) is 12.6. The van der Waals surface area contributed by atoms with E-state index in [0.717, 1.165) is 29.7 Å². The molecule has 1 saturated heterocycles. The molecular weight excluding hydrogens is 710 g/mol. The van der Waals surface area contributed by atoms with E-state index in [1.165, 1.54) is 6.07 Å². The van der Waals surface area contributed by atoms with E-state index < -0.39 is 53.8 Å². The number of phenolic OH excluding ortho intramolecular Hbond substituents is 1. The Morgan fingerprint density at radius 3 is 2.56 bits per heavy atom. The molecule has 9 atom stereocenters. The van der Waals surface area contributed by atoms with Gasteiger partial charge in [-0.3, -0.25) is 4.98 Å². The van der Waals surface area contributed by atoms with Gasteiger partial charge in [0.1, 0.15) is 24.4 Å². The summed E-state index contributed by atoms with van der Waals surface area (Å²) in [5.74, 6) is -0.378. The molecule has 0 radical (unpaired) electrons. The summed E-state index contributed by atoms with van der Waals surface area (Å²) >= 11 is 0. The lowest BCUT2D eigenvalue weighted by atomic mass is 9.64. The Morgan fingerprint density at radius 2 is 1.76 bits per heavy atom. The van der Waals surface area contributed by atoms with Gasteiger partial charge in [-0.25, -0.2) is 14.4 Å². The Balaban J connectivity index is 0.889. The molecule has 3 aromatic rings. The third-order valence-electron chi connectivity index (χ3n) is 13.3. The highest BCUT2D eigenvalue weighted by Gasteiger charge is 2.59. The molecule has 288 valence electrons. The first-order valence-electron chi connectivity index (χ1n) is 19.2. The van der Waals surface area contributed by atoms with Crippen LogP contribution in [-0.4, -0.2) is 101 Å². The highest BCUT2D eigenvalue weighted by atomic mass is 16.7. The first-order valence-corrected chi connectivity index (χ1v) is 19.2. The van der Waals surface area contributed by atoms with Gasteiger partial charge in [-0.15, -0.1) is 0 Å². The molecule has 2 saturated carbocycles. The van der Waals surface area contributed by atoms with Crippen molar-refractivity contribution in [1.29, 1.82) is 0 Å². The molecule has 6 heterocycles. The zero-order chi connectivity index (χ0) is 37.9. The number of fused-ring (bicyclic) bond motifs is 6. The van der Waals surface area contributed by atoms with Crippen molar-refractivity contribution in [3.05, 3.63) is 75.1 Å². The van der Waals surface area contributed by atoms with Crippen molar-refractivity contribution in [3.8, 4) is 23.0 Å². The summed E-state index contributed by atoms with van der Waals surface area (Å²) in [7, 11) is 2.07. The van der Waals surface area contributed by atoms with E-state index in [0.29, 0.717) is 73.0 Å². The number of pyridine rings is 1. The lowest BCUT2D eigenvalue weighted by Crippen LogP contribution is -2.55. The fourth-order valence-electron chi connectivity index (χ4n) is 10.8. The van der Waals surface area contributed by atoms with Crippen LogP contribution >= 0.6 is 0 Å². The van der Waals surface area contributed by atoms with Crippen LogP contribution in [0, 0.1) is 19.8 Å². The van der Waals surface area contributed by atoms with Crippen molar-refractivity contribution < 1.29 is 53.0 Å². The van der Waals surface area contributed by atoms with Crippen molar-refractivity contribution in [3.63, 3.8) is 0 Å². The van der Waals surface area contributed by atoms with Gasteiger partial charge in [0, 0.05) is 37.0 Å². The number of esters is 3. The lowest BCUT2D eigenvalue weighted by molar-refractivity contribution is -0.0866. The van der Waals surface area contributed by atoms with Crippen molar-refractivity contribution in [1.82, 2.24) is 15.2 Å². The van der Waals surface area contributed by atoms with Crippen LogP contribution in [0.3, 0.4) is 0 Å². The first-order chi connectivity index (χ1) is 26.5. The summed E-state index contributed by atoms with van der Waals surface area (Å²) < 4.78 is 36.0. The molecule has 2 aliphatic carbocycles. The van der Waals surface area contributed by atoms with E-state index in [4.69, 9.17) is 28.4 Å². The molecule has 3 fully saturated rings. The monoisotopic (exact) mass is 753 g/mol. The fourth-order valence-corrected chi connectivity index (χ4v) is 10.8. The summed E-state index contributed by atoms with van der Waals surface area (Å²) in [6.07, 6.45) is -0.575. The molecule has 55 heavy (non-hydrogen) atoms. The number of rotatable bonds is 4. The minimum absolute atomic E-state index is 0.0226. The number of likely N-dealkylation sites (tertiary alicyclic amines) is 1. The minimum Gasteiger partial charge on any atom is -0.504 e. The van der Waals surface area contributed by atoms with Crippen LogP contribution in [-0.2, 0) is 26.2 Å². The maximum atomic E-state index is 14.1. The van der Waals surface area contributed by atoms with E-state index in [2.05, 4.69) is 22.2 Å². The van der Waals surface area contributed by atoms with Crippen molar-refractivity contribution >= 4 is 17.9 Å². The Kier molecular flexibility index (Phi) is 7.89. The molecule has 0 bridgehead atoms. The Bertz CT molecular complexity index is 2160. The SMILES string of the molecule is Cc1nc(C)c(C(=O)O[C@H]2C[C@H]3CCN(C)[C@H]3[C@@H]3c4cc5c(cc4C(=O)O[C@H]32)OCO5)cc1C(=O)O[C@H]1CC[C@@]23c4c(ccc(O)c4O[C@H]2C1)CNC[C@@H]3O. The van der Waals surface area contributed by atoms with Crippen LogP contribution in [0.4, 0.5) is 0 Å². The van der Waals surface area contributed by atoms with Gasteiger partial charge in [-0.1, -0.05) is 6.07 Å². The summed E-state index contributed by atoms with van der Waals surface area (Å²) in [6.45, 7) is 5.24. The number of hydrogen-bond donors (Lipinski definition) is 3. The smallest absolute Gasteiger partial charge is 0.340 e. The number of phenols is 1. The molecule has 0 unspecified atom stereocenters. The average Bonchev–Trinajstić information content (AvgIpc) is 3.85. The number of aliphatic hydroxyl groups is 1. The van der Waals surface area contributed by atoms with E-state index >= 15 is 0 Å². The van der Waals surface area contributed by atoms with Crippen LogP contribution in [0.15, 0.2) is 30.3 Å². The number of nitrogens with zero attached hydrogens (tertiary/aromatic N) is 2. The van der Waals surface area contributed by atoms with Gasteiger partial charge in [0.05, 0.1) is 39.6 Å². The average molecular weight is 754 g/mol. The van der Waals surface area contributed by atoms with Gasteiger partial charge in [0.25, 0.3) is 0 Å². The number of nitrogens with one attached hydrogen (secondary N) is 1. The number of carbonyl (C=O) groups excluding carboxylic acids is 3. The van der Waals surface area contributed by atoms with Crippen LogP contribution < -0.4 is 19.5 Å². The maximum absolute atomic E-state index is 14.1. The molecule has 5 aliphatic heterocycles. The molecule has 10 rings (SSSR count). The zero-order valence-corrected chi connectivity index (χ0v) is 30.8. The highest BCUT2D eigenvalue weighted by molar-refractivity contribution is 5.97. The third kappa shape index (κ3) is 5.17. The fraction of sp³-hybridized carbons (Fsp3) is 0.512. The molecule has 1 spiro atoms. The number of aromatic nitrogens is 1. The lowest BCUT2D eigenvalue weighted by Gasteiger charge is -2.48. The normalized spacial score (nSPS) is 32.5. The number of hydrogen-bond acceptors (Lipinski definition) is 14. The molecule has 3 N–H and O–H groups in total. The predicted octanol–water partition coefficient (Wildman–Crippen LogP) is 3.58. The summed E-state index contributed by atoms with van der Waals surface area (Å²) in [5, 5.41) is 25.4. The first kappa shape index (κ1) is 34.6.